The van der Waals surface area contributed by atoms with Gasteiger partial charge in [0.1, 0.15) is 0 Å². The number of halogens is 1. The van der Waals surface area contributed by atoms with Crippen molar-refractivity contribution < 1.29 is 9.13 Å². The number of hydrogen-bond donors (Lipinski definition) is 1. The molecular formula is C12H11FN4OS. The lowest BCUT2D eigenvalue weighted by Gasteiger charge is -2.04. The maximum absolute atomic E-state index is 13.7. The van der Waals surface area contributed by atoms with E-state index in [0.717, 1.165) is 5.52 Å². The molecule has 0 fully saturated rings. The molecule has 0 bridgehead atoms. The number of aryl methyl sites for hydroxylation is 1. The van der Waals surface area contributed by atoms with E-state index >= 15 is 0 Å². The van der Waals surface area contributed by atoms with Crippen LogP contribution in [-0.2, 0) is 7.05 Å². The Morgan fingerprint density at radius 1 is 1.42 bits per heavy atom. The second kappa shape index (κ2) is 4.20. The Balaban J connectivity index is 2.35. The van der Waals surface area contributed by atoms with E-state index in [2.05, 4.69) is 10.1 Å². The summed E-state index contributed by atoms with van der Waals surface area (Å²) in [6.07, 6.45) is 1.82. The van der Waals surface area contributed by atoms with Crippen molar-refractivity contribution in [3.05, 3.63) is 35.0 Å². The Labute approximate surface area is 113 Å². The third-order valence-electron chi connectivity index (χ3n) is 2.88. The van der Waals surface area contributed by atoms with Crippen LogP contribution < -0.4 is 4.74 Å². The first-order valence-corrected chi connectivity index (χ1v) is 5.99. The molecule has 5 nitrogen and oxygen atoms in total. The van der Waals surface area contributed by atoms with Crippen molar-refractivity contribution in [2.75, 3.05) is 7.11 Å². The summed E-state index contributed by atoms with van der Waals surface area (Å²) in [5.41, 5.74) is 1.33. The highest BCUT2D eigenvalue weighted by molar-refractivity contribution is 7.71. The van der Waals surface area contributed by atoms with Gasteiger partial charge in [0, 0.05) is 31.4 Å². The SMILES string of the molecule is COc1cc2c(cc1F)[nH]c(=S)n2-c1ccn(C)n1. The lowest BCUT2D eigenvalue weighted by atomic mass is 10.3. The molecule has 2 heterocycles. The second-order valence-corrected chi connectivity index (χ2v) is 4.50. The predicted octanol–water partition coefficient (Wildman–Crippen LogP) is 2.57. The summed E-state index contributed by atoms with van der Waals surface area (Å²) < 4.78 is 22.5. The Kier molecular flexibility index (Phi) is 2.63. The van der Waals surface area contributed by atoms with Crippen molar-refractivity contribution in [3.63, 3.8) is 0 Å². The van der Waals surface area contributed by atoms with Crippen molar-refractivity contribution >= 4 is 23.3 Å². The fourth-order valence-electron chi connectivity index (χ4n) is 2.01. The molecule has 0 unspecified atom stereocenters. The molecule has 0 spiro atoms. The molecule has 0 radical (unpaired) electrons. The first-order chi connectivity index (χ1) is 9.10. The smallest absolute Gasteiger partial charge is 0.184 e. The van der Waals surface area contributed by atoms with Gasteiger partial charge in [-0.05, 0) is 12.2 Å². The molecule has 7 heteroatoms. The molecule has 0 aliphatic carbocycles. The van der Waals surface area contributed by atoms with E-state index in [0.29, 0.717) is 16.1 Å². The zero-order valence-electron chi connectivity index (χ0n) is 10.3. The van der Waals surface area contributed by atoms with Crippen molar-refractivity contribution in [2.45, 2.75) is 0 Å². The molecule has 0 saturated heterocycles. The normalized spacial score (nSPS) is 11.1. The van der Waals surface area contributed by atoms with Gasteiger partial charge in [0.15, 0.2) is 22.2 Å². The number of ether oxygens (including phenoxy) is 1. The quantitative estimate of drug-likeness (QED) is 0.733. The number of methoxy groups -OCH3 is 1. The number of aromatic amines is 1. The molecule has 0 saturated carbocycles. The summed E-state index contributed by atoms with van der Waals surface area (Å²) in [6.45, 7) is 0. The van der Waals surface area contributed by atoms with Crippen LogP contribution in [-0.4, -0.2) is 26.4 Å². The predicted molar refractivity (Wildman–Crippen MR) is 71.7 cm³/mol. The lowest BCUT2D eigenvalue weighted by Crippen LogP contribution is -1.97. The van der Waals surface area contributed by atoms with Crippen LogP contribution in [0.5, 0.6) is 5.75 Å². The van der Waals surface area contributed by atoms with Crippen LogP contribution in [0.3, 0.4) is 0 Å². The van der Waals surface area contributed by atoms with Crippen LogP contribution in [0, 0.1) is 10.6 Å². The van der Waals surface area contributed by atoms with Crippen LogP contribution in [0.4, 0.5) is 4.39 Å². The van der Waals surface area contributed by atoms with E-state index in [1.807, 2.05) is 19.3 Å². The summed E-state index contributed by atoms with van der Waals surface area (Å²) in [5, 5.41) is 4.30. The minimum absolute atomic E-state index is 0.172. The average Bonchev–Trinajstić information content (AvgIpc) is 2.90. The second-order valence-electron chi connectivity index (χ2n) is 4.12. The van der Waals surface area contributed by atoms with E-state index < -0.39 is 5.82 Å². The van der Waals surface area contributed by atoms with Crippen molar-refractivity contribution in [2.24, 2.45) is 7.05 Å². The van der Waals surface area contributed by atoms with Crippen LogP contribution in [0.15, 0.2) is 24.4 Å². The molecular weight excluding hydrogens is 267 g/mol. The number of benzene rings is 1. The van der Waals surface area contributed by atoms with Crippen molar-refractivity contribution in [1.29, 1.82) is 0 Å². The zero-order chi connectivity index (χ0) is 13.6. The van der Waals surface area contributed by atoms with Gasteiger partial charge < -0.3 is 9.72 Å². The molecule has 0 atom stereocenters. The number of hydrogen-bond acceptors (Lipinski definition) is 3. The van der Waals surface area contributed by atoms with Crippen molar-refractivity contribution in [1.82, 2.24) is 19.3 Å². The standard InChI is InChI=1S/C12H11FN4OS/c1-16-4-3-11(15-16)17-9-6-10(18-2)7(13)5-8(9)14-12(17)19/h3-6H,1-2H3,(H,14,19). The third-order valence-corrected chi connectivity index (χ3v) is 3.17. The van der Waals surface area contributed by atoms with Gasteiger partial charge in [0.25, 0.3) is 0 Å². The van der Waals surface area contributed by atoms with Gasteiger partial charge in [0.05, 0.1) is 18.1 Å². The number of fused-ring (bicyclic) bond motifs is 1. The Bertz CT molecular complexity index is 817. The highest BCUT2D eigenvalue weighted by Gasteiger charge is 2.13. The van der Waals surface area contributed by atoms with Gasteiger partial charge in [-0.2, -0.15) is 5.10 Å². The van der Waals surface area contributed by atoms with E-state index in [1.165, 1.54) is 13.2 Å². The average molecular weight is 278 g/mol. The van der Waals surface area contributed by atoms with Crippen LogP contribution in [0.2, 0.25) is 0 Å². The Hall–Kier alpha value is -2.15. The van der Waals surface area contributed by atoms with Gasteiger partial charge in [-0.3, -0.25) is 9.25 Å². The number of rotatable bonds is 2. The molecule has 0 amide bonds. The van der Waals surface area contributed by atoms with E-state index in [9.17, 15) is 4.39 Å². The maximum Gasteiger partial charge on any atom is 0.184 e. The number of H-pyrrole nitrogens is 1. The lowest BCUT2D eigenvalue weighted by molar-refractivity contribution is 0.387. The maximum atomic E-state index is 13.7. The highest BCUT2D eigenvalue weighted by atomic mass is 32.1. The Morgan fingerprint density at radius 2 is 2.21 bits per heavy atom. The Morgan fingerprint density at radius 3 is 2.84 bits per heavy atom. The van der Waals surface area contributed by atoms with Crippen LogP contribution in [0.25, 0.3) is 16.9 Å². The first kappa shape index (κ1) is 11.9. The van der Waals surface area contributed by atoms with E-state index in [1.54, 1.807) is 15.3 Å². The summed E-state index contributed by atoms with van der Waals surface area (Å²) in [4.78, 5) is 2.96. The highest BCUT2D eigenvalue weighted by Crippen LogP contribution is 2.26. The number of aromatic nitrogens is 4. The minimum Gasteiger partial charge on any atom is -0.494 e. The fourth-order valence-corrected chi connectivity index (χ4v) is 2.32. The zero-order valence-corrected chi connectivity index (χ0v) is 11.2. The third kappa shape index (κ3) is 1.82. The molecule has 0 aliphatic rings. The fraction of sp³-hybridized carbons (Fsp3) is 0.167. The van der Waals surface area contributed by atoms with Gasteiger partial charge in [-0.25, -0.2) is 4.39 Å². The molecule has 19 heavy (non-hydrogen) atoms. The summed E-state index contributed by atoms with van der Waals surface area (Å²) in [7, 11) is 3.25. The van der Waals surface area contributed by atoms with E-state index in [4.69, 9.17) is 17.0 Å². The van der Waals surface area contributed by atoms with Crippen molar-refractivity contribution in [3.8, 4) is 11.6 Å². The van der Waals surface area contributed by atoms with Crippen LogP contribution in [0.1, 0.15) is 0 Å². The van der Waals surface area contributed by atoms with Gasteiger partial charge in [-0.15, -0.1) is 0 Å². The topological polar surface area (TPSA) is 47.8 Å². The molecule has 3 aromatic rings. The summed E-state index contributed by atoms with van der Waals surface area (Å²) in [6, 6.07) is 4.80. The molecule has 1 aromatic carbocycles. The largest absolute Gasteiger partial charge is 0.494 e. The minimum atomic E-state index is -0.431. The monoisotopic (exact) mass is 278 g/mol. The van der Waals surface area contributed by atoms with Crippen LogP contribution >= 0.6 is 12.2 Å². The van der Waals surface area contributed by atoms with Gasteiger partial charge in [-0.1, -0.05) is 0 Å². The molecule has 1 N–H and O–H groups in total. The summed E-state index contributed by atoms with van der Waals surface area (Å²) >= 11 is 5.26. The molecule has 98 valence electrons. The number of nitrogens with zero attached hydrogens (tertiary/aromatic N) is 3. The van der Waals surface area contributed by atoms with E-state index in [-0.39, 0.29) is 5.75 Å². The molecule has 0 aliphatic heterocycles. The first-order valence-electron chi connectivity index (χ1n) is 5.58. The molecule has 2 aromatic heterocycles. The number of imidazole rings is 1. The summed E-state index contributed by atoms with van der Waals surface area (Å²) in [5.74, 6) is 0.415. The van der Waals surface area contributed by atoms with Gasteiger partial charge in [0.2, 0.25) is 0 Å². The molecule has 3 rings (SSSR count). The number of nitrogens with one attached hydrogen (secondary N) is 1. The van der Waals surface area contributed by atoms with Gasteiger partial charge >= 0.3 is 0 Å².